The number of nitrogens with two attached hydrogens (primary N) is 1. The molecule has 4 heteroatoms. The van der Waals surface area contributed by atoms with Crippen molar-refractivity contribution in [2.75, 3.05) is 0 Å². The molecule has 0 saturated carbocycles. The lowest BCUT2D eigenvalue weighted by Crippen LogP contribution is -2.12. The zero-order valence-corrected chi connectivity index (χ0v) is 10.9. The Balaban J connectivity index is 2.14. The monoisotopic (exact) mass is 299 g/mol. The summed E-state index contributed by atoms with van der Waals surface area (Å²) in [5, 5.41) is 2.02. The highest BCUT2D eigenvalue weighted by molar-refractivity contribution is 9.10. The number of rotatable bonds is 3. The molecule has 1 aromatic heterocycles. The summed E-state index contributed by atoms with van der Waals surface area (Å²) in [4.78, 5) is 1.22. The van der Waals surface area contributed by atoms with Crippen molar-refractivity contribution in [2.45, 2.75) is 12.5 Å². The Morgan fingerprint density at radius 2 is 2.19 bits per heavy atom. The smallest absolute Gasteiger partial charge is 0.137 e. The van der Waals surface area contributed by atoms with Crippen LogP contribution in [0.2, 0.25) is 0 Å². The molecular formula is C12H11BrFNS. The van der Waals surface area contributed by atoms with Crippen molar-refractivity contribution in [1.82, 2.24) is 0 Å². The average molecular weight is 300 g/mol. The van der Waals surface area contributed by atoms with Crippen molar-refractivity contribution in [3.8, 4) is 0 Å². The van der Waals surface area contributed by atoms with Gasteiger partial charge in [-0.15, -0.1) is 11.3 Å². The van der Waals surface area contributed by atoms with Crippen LogP contribution in [0.1, 0.15) is 16.5 Å². The molecule has 84 valence electrons. The largest absolute Gasteiger partial charge is 0.324 e. The molecule has 1 atom stereocenters. The number of hydrogen-bond donors (Lipinski definition) is 1. The molecule has 1 unspecified atom stereocenters. The van der Waals surface area contributed by atoms with Gasteiger partial charge < -0.3 is 5.73 Å². The van der Waals surface area contributed by atoms with Gasteiger partial charge in [-0.1, -0.05) is 12.1 Å². The molecule has 16 heavy (non-hydrogen) atoms. The number of hydrogen-bond acceptors (Lipinski definition) is 2. The molecule has 0 spiro atoms. The van der Waals surface area contributed by atoms with Gasteiger partial charge in [0.05, 0.1) is 4.47 Å². The summed E-state index contributed by atoms with van der Waals surface area (Å²) in [5.74, 6) is -0.265. The zero-order chi connectivity index (χ0) is 11.5. The van der Waals surface area contributed by atoms with Gasteiger partial charge in [0.1, 0.15) is 5.82 Å². The summed E-state index contributed by atoms with van der Waals surface area (Å²) in [5.41, 5.74) is 6.86. The predicted molar refractivity (Wildman–Crippen MR) is 69.1 cm³/mol. The molecule has 0 radical (unpaired) electrons. The molecule has 2 N–H and O–H groups in total. The van der Waals surface area contributed by atoms with Crippen molar-refractivity contribution >= 4 is 27.3 Å². The van der Waals surface area contributed by atoms with Crippen LogP contribution in [0.5, 0.6) is 0 Å². The Bertz CT molecular complexity index is 470. The van der Waals surface area contributed by atoms with E-state index in [-0.39, 0.29) is 11.9 Å². The molecule has 2 aromatic rings. The highest BCUT2D eigenvalue weighted by Crippen LogP contribution is 2.23. The molecular weight excluding hydrogens is 289 g/mol. The maximum Gasteiger partial charge on any atom is 0.137 e. The van der Waals surface area contributed by atoms with Crippen LogP contribution < -0.4 is 5.73 Å². The van der Waals surface area contributed by atoms with Crippen molar-refractivity contribution in [1.29, 1.82) is 0 Å². The second-order valence-electron chi connectivity index (χ2n) is 3.56. The van der Waals surface area contributed by atoms with E-state index in [2.05, 4.69) is 15.9 Å². The van der Waals surface area contributed by atoms with Crippen LogP contribution >= 0.6 is 27.3 Å². The fourth-order valence-electron chi connectivity index (χ4n) is 1.51. The Morgan fingerprint density at radius 3 is 2.81 bits per heavy atom. The lowest BCUT2D eigenvalue weighted by atomic mass is 10.0. The van der Waals surface area contributed by atoms with Crippen molar-refractivity contribution < 1.29 is 4.39 Å². The minimum absolute atomic E-state index is 0.152. The van der Waals surface area contributed by atoms with Gasteiger partial charge in [-0.05, 0) is 45.1 Å². The maximum absolute atomic E-state index is 13.3. The highest BCUT2D eigenvalue weighted by atomic mass is 79.9. The molecule has 0 fully saturated rings. The van der Waals surface area contributed by atoms with Crippen molar-refractivity contribution in [3.05, 3.63) is 56.4 Å². The second kappa shape index (κ2) is 5.08. The van der Waals surface area contributed by atoms with E-state index in [1.807, 2.05) is 23.6 Å². The minimum Gasteiger partial charge on any atom is -0.324 e. The molecule has 0 saturated heterocycles. The standard InChI is InChI=1S/C12H11BrFNS/c13-10-4-3-8(6-11(10)14)12(15)7-9-2-1-5-16-9/h1-6,12H,7,15H2. The third-order valence-corrected chi connectivity index (χ3v) is 3.91. The van der Waals surface area contributed by atoms with Crippen LogP contribution in [0.25, 0.3) is 0 Å². The van der Waals surface area contributed by atoms with E-state index < -0.39 is 0 Å². The first-order valence-corrected chi connectivity index (χ1v) is 6.57. The highest BCUT2D eigenvalue weighted by Gasteiger charge is 2.10. The molecule has 1 nitrogen and oxygen atoms in total. The maximum atomic E-state index is 13.3. The van der Waals surface area contributed by atoms with Gasteiger partial charge in [0.2, 0.25) is 0 Å². The molecule has 0 aliphatic carbocycles. The average Bonchev–Trinajstić information content (AvgIpc) is 2.74. The van der Waals surface area contributed by atoms with E-state index >= 15 is 0 Å². The first-order valence-electron chi connectivity index (χ1n) is 4.89. The minimum atomic E-state index is -0.265. The molecule has 1 heterocycles. The molecule has 2 rings (SSSR count). The predicted octanol–water partition coefficient (Wildman–Crippen LogP) is 3.89. The summed E-state index contributed by atoms with van der Waals surface area (Å²) < 4.78 is 13.8. The van der Waals surface area contributed by atoms with Gasteiger partial charge in [0.15, 0.2) is 0 Å². The topological polar surface area (TPSA) is 26.0 Å². The summed E-state index contributed by atoms with van der Waals surface area (Å²) in [6, 6.07) is 8.92. The van der Waals surface area contributed by atoms with Gasteiger partial charge >= 0.3 is 0 Å². The van der Waals surface area contributed by atoms with E-state index in [9.17, 15) is 4.39 Å². The third-order valence-electron chi connectivity index (χ3n) is 2.37. The number of halogens is 2. The Kier molecular flexibility index (Phi) is 3.74. The molecule has 0 aliphatic heterocycles. The van der Waals surface area contributed by atoms with Gasteiger partial charge in [-0.3, -0.25) is 0 Å². The van der Waals surface area contributed by atoms with Crippen LogP contribution in [0.3, 0.4) is 0 Å². The lowest BCUT2D eigenvalue weighted by molar-refractivity contribution is 0.612. The summed E-state index contributed by atoms with van der Waals surface area (Å²) in [6.07, 6.45) is 0.749. The van der Waals surface area contributed by atoms with E-state index in [0.717, 1.165) is 12.0 Å². The number of thiophene rings is 1. The van der Waals surface area contributed by atoms with E-state index in [0.29, 0.717) is 4.47 Å². The Morgan fingerprint density at radius 1 is 1.38 bits per heavy atom. The lowest BCUT2D eigenvalue weighted by Gasteiger charge is -2.11. The fourth-order valence-corrected chi connectivity index (χ4v) is 2.52. The first-order chi connectivity index (χ1) is 7.66. The van der Waals surface area contributed by atoms with E-state index in [1.165, 1.54) is 10.9 Å². The normalized spacial score (nSPS) is 12.7. The van der Waals surface area contributed by atoms with E-state index in [4.69, 9.17) is 5.73 Å². The molecule has 0 amide bonds. The quantitative estimate of drug-likeness (QED) is 0.914. The van der Waals surface area contributed by atoms with Crippen LogP contribution in [0, 0.1) is 5.82 Å². The van der Waals surface area contributed by atoms with Crippen molar-refractivity contribution in [3.63, 3.8) is 0 Å². The first kappa shape index (κ1) is 11.8. The third kappa shape index (κ3) is 2.70. The molecule has 0 aliphatic rings. The van der Waals surface area contributed by atoms with Gasteiger partial charge in [0, 0.05) is 17.3 Å². The molecule has 0 bridgehead atoms. The zero-order valence-electron chi connectivity index (χ0n) is 8.49. The van der Waals surface area contributed by atoms with E-state index in [1.54, 1.807) is 17.4 Å². The van der Waals surface area contributed by atoms with Crippen LogP contribution in [0.15, 0.2) is 40.2 Å². The van der Waals surface area contributed by atoms with Crippen LogP contribution in [-0.2, 0) is 6.42 Å². The Hall–Kier alpha value is -0.710. The van der Waals surface area contributed by atoms with Crippen LogP contribution in [-0.4, -0.2) is 0 Å². The van der Waals surface area contributed by atoms with Crippen molar-refractivity contribution in [2.24, 2.45) is 5.73 Å². The fraction of sp³-hybridized carbons (Fsp3) is 0.167. The second-order valence-corrected chi connectivity index (χ2v) is 5.45. The SMILES string of the molecule is NC(Cc1cccs1)c1ccc(Br)c(F)c1. The summed E-state index contributed by atoms with van der Waals surface area (Å²) >= 11 is 4.80. The summed E-state index contributed by atoms with van der Waals surface area (Å²) in [7, 11) is 0. The van der Waals surface area contributed by atoms with Crippen LogP contribution in [0.4, 0.5) is 4.39 Å². The van der Waals surface area contributed by atoms with Gasteiger partial charge in [-0.2, -0.15) is 0 Å². The number of benzene rings is 1. The summed E-state index contributed by atoms with van der Waals surface area (Å²) in [6.45, 7) is 0. The van der Waals surface area contributed by atoms with Gasteiger partial charge in [-0.25, -0.2) is 4.39 Å². The molecule has 1 aromatic carbocycles. The Labute approximate surface area is 106 Å². The van der Waals surface area contributed by atoms with Gasteiger partial charge in [0.25, 0.3) is 0 Å².